The Hall–Kier alpha value is -1.49. The Morgan fingerprint density at radius 2 is 1.80 bits per heavy atom. The maximum atomic E-state index is 13.7. The van der Waals surface area contributed by atoms with Crippen LogP contribution in [-0.2, 0) is 0 Å². The number of benzene rings is 2. The molecule has 0 radical (unpaired) electrons. The molecule has 0 fully saturated rings. The van der Waals surface area contributed by atoms with Crippen LogP contribution in [0.1, 0.15) is 24.1 Å². The van der Waals surface area contributed by atoms with Crippen LogP contribution >= 0.6 is 15.9 Å². The molecule has 20 heavy (non-hydrogen) atoms. The molecule has 0 amide bonds. The molecule has 106 valence electrons. The van der Waals surface area contributed by atoms with Gasteiger partial charge in [0.15, 0.2) is 11.6 Å². The molecule has 0 aliphatic rings. The van der Waals surface area contributed by atoms with E-state index in [1.54, 1.807) is 19.9 Å². The van der Waals surface area contributed by atoms with E-state index < -0.39 is 23.5 Å². The SMILES string of the molecule is Cc1cc(Br)c(F)cc1NC(C)c1cccc(F)c1F. The summed E-state index contributed by atoms with van der Waals surface area (Å²) in [6, 6.07) is 6.49. The fraction of sp³-hybridized carbons (Fsp3) is 0.200. The highest BCUT2D eigenvalue weighted by molar-refractivity contribution is 9.10. The van der Waals surface area contributed by atoms with E-state index in [1.807, 2.05) is 0 Å². The molecular weight excluding hydrogens is 331 g/mol. The highest BCUT2D eigenvalue weighted by Gasteiger charge is 2.15. The number of hydrogen-bond donors (Lipinski definition) is 1. The first-order valence-corrected chi connectivity index (χ1v) is 6.85. The summed E-state index contributed by atoms with van der Waals surface area (Å²) in [5.41, 5.74) is 1.55. The van der Waals surface area contributed by atoms with Crippen LogP contribution in [0.15, 0.2) is 34.8 Å². The maximum Gasteiger partial charge on any atom is 0.164 e. The molecule has 1 N–H and O–H groups in total. The zero-order valence-electron chi connectivity index (χ0n) is 11.0. The van der Waals surface area contributed by atoms with Crippen LogP contribution in [0, 0.1) is 24.4 Å². The maximum absolute atomic E-state index is 13.7. The fourth-order valence-electron chi connectivity index (χ4n) is 1.97. The summed E-state index contributed by atoms with van der Waals surface area (Å²) in [5, 5.41) is 3.00. The Morgan fingerprint density at radius 1 is 1.10 bits per heavy atom. The Morgan fingerprint density at radius 3 is 2.50 bits per heavy atom. The number of nitrogens with one attached hydrogen (secondary N) is 1. The molecule has 5 heteroatoms. The van der Waals surface area contributed by atoms with Gasteiger partial charge < -0.3 is 5.32 Å². The summed E-state index contributed by atoms with van der Waals surface area (Å²) in [6.07, 6.45) is 0. The Kier molecular flexibility index (Phi) is 4.38. The topological polar surface area (TPSA) is 12.0 Å². The van der Waals surface area contributed by atoms with Gasteiger partial charge in [-0.1, -0.05) is 12.1 Å². The van der Waals surface area contributed by atoms with Gasteiger partial charge in [-0.15, -0.1) is 0 Å². The van der Waals surface area contributed by atoms with E-state index in [2.05, 4.69) is 21.2 Å². The third-order valence-electron chi connectivity index (χ3n) is 3.09. The first kappa shape index (κ1) is 14.9. The highest BCUT2D eigenvalue weighted by Crippen LogP contribution is 2.28. The average molecular weight is 344 g/mol. The third-order valence-corrected chi connectivity index (χ3v) is 3.69. The fourth-order valence-corrected chi connectivity index (χ4v) is 2.43. The van der Waals surface area contributed by atoms with E-state index in [-0.39, 0.29) is 5.56 Å². The Bertz CT molecular complexity index is 643. The monoisotopic (exact) mass is 343 g/mol. The number of halogens is 4. The largest absolute Gasteiger partial charge is 0.378 e. The normalized spacial score (nSPS) is 12.3. The molecule has 0 aliphatic heterocycles. The number of anilines is 1. The minimum absolute atomic E-state index is 0.202. The first-order chi connectivity index (χ1) is 9.40. The summed E-state index contributed by atoms with van der Waals surface area (Å²) in [4.78, 5) is 0. The highest BCUT2D eigenvalue weighted by atomic mass is 79.9. The van der Waals surface area contributed by atoms with E-state index in [9.17, 15) is 13.2 Å². The molecule has 0 spiro atoms. The van der Waals surface area contributed by atoms with Crippen LogP contribution in [0.2, 0.25) is 0 Å². The number of rotatable bonds is 3. The molecular formula is C15H13BrF3N. The van der Waals surface area contributed by atoms with Gasteiger partial charge >= 0.3 is 0 Å². The molecule has 1 nitrogen and oxygen atoms in total. The van der Waals surface area contributed by atoms with Gasteiger partial charge in [0, 0.05) is 11.3 Å². The zero-order chi connectivity index (χ0) is 14.9. The second kappa shape index (κ2) is 5.87. The van der Waals surface area contributed by atoms with Gasteiger partial charge in [0.25, 0.3) is 0 Å². The third kappa shape index (κ3) is 2.98. The van der Waals surface area contributed by atoms with Crippen molar-refractivity contribution in [2.24, 2.45) is 0 Å². The molecule has 2 aromatic carbocycles. The number of aryl methyl sites for hydroxylation is 1. The zero-order valence-corrected chi connectivity index (χ0v) is 12.6. The van der Waals surface area contributed by atoms with Crippen molar-refractivity contribution in [3.8, 4) is 0 Å². The molecule has 2 rings (SSSR count). The minimum Gasteiger partial charge on any atom is -0.378 e. The van der Waals surface area contributed by atoms with Gasteiger partial charge in [-0.25, -0.2) is 13.2 Å². The second-order valence-corrected chi connectivity index (χ2v) is 5.44. The van der Waals surface area contributed by atoms with E-state index in [0.29, 0.717) is 10.2 Å². The Balaban J connectivity index is 2.30. The smallest absolute Gasteiger partial charge is 0.164 e. The van der Waals surface area contributed by atoms with Crippen LogP contribution in [0.4, 0.5) is 18.9 Å². The van der Waals surface area contributed by atoms with Gasteiger partial charge in [-0.05, 0) is 53.5 Å². The summed E-state index contributed by atoms with van der Waals surface area (Å²) in [5.74, 6) is -2.19. The minimum atomic E-state index is -0.894. The lowest BCUT2D eigenvalue weighted by Gasteiger charge is -2.18. The van der Waals surface area contributed by atoms with Crippen LogP contribution in [-0.4, -0.2) is 0 Å². The molecule has 2 aromatic rings. The predicted molar refractivity (Wildman–Crippen MR) is 77.2 cm³/mol. The van der Waals surface area contributed by atoms with E-state index in [4.69, 9.17) is 0 Å². The number of hydrogen-bond acceptors (Lipinski definition) is 1. The standard InChI is InChI=1S/C15H13BrF3N/c1-8-6-11(16)13(18)7-14(8)20-9(2)10-4-3-5-12(17)15(10)19/h3-7,9,20H,1-2H3. The Labute approximate surface area is 123 Å². The van der Waals surface area contributed by atoms with E-state index in [1.165, 1.54) is 18.2 Å². The van der Waals surface area contributed by atoms with Crippen LogP contribution in [0.25, 0.3) is 0 Å². The lowest BCUT2D eigenvalue weighted by Crippen LogP contribution is -2.10. The van der Waals surface area contributed by atoms with Gasteiger partial charge in [-0.2, -0.15) is 0 Å². The van der Waals surface area contributed by atoms with E-state index in [0.717, 1.165) is 11.6 Å². The van der Waals surface area contributed by atoms with Crippen molar-refractivity contribution in [1.29, 1.82) is 0 Å². The van der Waals surface area contributed by atoms with Crippen LogP contribution in [0.3, 0.4) is 0 Å². The van der Waals surface area contributed by atoms with Crippen molar-refractivity contribution in [3.63, 3.8) is 0 Å². The van der Waals surface area contributed by atoms with Gasteiger partial charge in [0.2, 0.25) is 0 Å². The molecule has 0 saturated heterocycles. The summed E-state index contributed by atoms with van der Waals surface area (Å²) >= 11 is 3.10. The molecule has 0 aliphatic carbocycles. The molecule has 1 atom stereocenters. The molecule has 1 unspecified atom stereocenters. The lowest BCUT2D eigenvalue weighted by atomic mass is 10.1. The van der Waals surface area contributed by atoms with Crippen molar-refractivity contribution in [1.82, 2.24) is 0 Å². The second-order valence-electron chi connectivity index (χ2n) is 4.59. The van der Waals surface area contributed by atoms with Gasteiger partial charge in [-0.3, -0.25) is 0 Å². The van der Waals surface area contributed by atoms with Crippen molar-refractivity contribution in [2.45, 2.75) is 19.9 Å². The average Bonchev–Trinajstić information content (AvgIpc) is 2.39. The quantitative estimate of drug-likeness (QED) is 0.792. The lowest BCUT2D eigenvalue weighted by molar-refractivity contribution is 0.494. The van der Waals surface area contributed by atoms with Gasteiger partial charge in [0.05, 0.1) is 10.5 Å². The molecule has 0 aromatic heterocycles. The van der Waals surface area contributed by atoms with Gasteiger partial charge in [0.1, 0.15) is 5.82 Å². The first-order valence-electron chi connectivity index (χ1n) is 6.06. The van der Waals surface area contributed by atoms with Crippen molar-refractivity contribution in [2.75, 3.05) is 5.32 Å². The van der Waals surface area contributed by atoms with Crippen LogP contribution < -0.4 is 5.32 Å². The van der Waals surface area contributed by atoms with Crippen molar-refractivity contribution < 1.29 is 13.2 Å². The summed E-state index contributed by atoms with van der Waals surface area (Å²) in [7, 11) is 0. The predicted octanol–water partition coefficient (Wildman–Crippen LogP) is 5.35. The van der Waals surface area contributed by atoms with Crippen molar-refractivity contribution >= 4 is 21.6 Å². The summed E-state index contributed by atoms with van der Waals surface area (Å²) in [6.45, 7) is 3.50. The molecule has 0 saturated carbocycles. The molecule has 0 heterocycles. The molecule has 0 bridgehead atoms. The van der Waals surface area contributed by atoms with E-state index >= 15 is 0 Å². The summed E-state index contributed by atoms with van der Waals surface area (Å²) < 4.78 is 40.8. The van der Waals surface area contributed by atoms with Crippen LogP contribution in [0.5, 0.6) is 0 Å². The van der Waals surface area contributed by atoms with Crippen molar-refractivity contribution in [3.05, 3.63) is 63.4 Å².